The van der Waals surface area contributed by atoms with E-state index in [1.54, 1.807) is 25.1 Å². The van der Waals surface area contributed by atoms with E-state index >= 15 is 0 Å². The first kappa shape index (κ1) is 12.9. The monoisotopic (exact) mass is 259 g/mol. The van der Waals surface area contributed by atoms with Crippen LogP contribution in [-0.2, 0) is 0 Å². The molecule has 2 aromatic rings. The molecule has 0 aliphatic rings. The molecule has 1 aromatic carbocycles. The van der Waals surface area contributed by atoms with E-state index in [1.807, 2.05) is 0 Å². The maximum absolute atomic E-state index is 11.5. The maximum Gasteiger partial charge on any atom is 0.348 e. The molecule has 0 saturated carbocycles. The van der Waals surface area contributed by atoms with Crippen LogP contribution >= 0.6 is 0 Å². The predicted molar refractivity (Wildman–Crippen MR) is 70.3 cm³/mol. The number of aliphatic hydroxyl groups is 1. The van der Waals surface area contributed by atoms with Crippen molar-refractivity contribution in [2.24, 2.45) is 0 Å². The van der Waals surface area contributed by atoms with E-state index in [4.69, 9.17) is 5.11 Å². The molecule has 0 amide bonds. The number of benzene rings is 1. The highest BCUT2D eigenvalue weighted by Crippen LogP contribution is 2.12. The summed E-state index contributed by atoms with van der Waals surface area (Å²) >= 11 is 0. The van der Waals surface area contributed by atoms with Gasteiger partial charge in [-0.1, -0.05) is 11.8 Å². The molecule has 19 heavy (non-hydrogen) atoms. The smallest absolute Gasteiger partial charge is 0.348 e. The van der Waals surface area contributed by atoms with Crippen LogP contribution in [0.4, 0.5) is 0 Å². The molecule has 0 aliphatic heterocycles. The van der Waals surface area contributed by atoms with Crippen molar-refractivity contribution >= 4 is 0 Å². The Morgan fingerprint density at radius 2 is 1.95 bits per heavy atom. The number of aromatic nitrogens is 3. The molecule has 6 nitrogen and oxygen atoms in total. The van der Waals surface area contributed by atoms with Crippen LogP contribution in [0, 0.1) is 18.8 Å². The third-order valence-corrected chi connectivity index (χ3v) is 2.59. The van der Waals surface area contributed by atoms with Gasteiger partial charge >= 0.3 is 11.4 Å². The van der Waals surface area contributed by atoms with Crippen LogP contribution in [0.3, 0.4) is 0 Å². The van der Waals surface area contributed by atoms with Gasteiger partial charge in [0.2, 0.25) is 0 Å². The van der Waals surface area contributed by atoms with E-state index in [-0.39, 0.29) is 6.61 Å². The second-order valence-corrected chi connectivity index (χ2v) is 3.97. The fourth-order valence-electron chi connectivity index (χ4n) is 1.73. The highest BCUT2D eigenvalue weighted by molar-refractivity contribution is 5.47. The molecule has 0 aliphatic carbocycles. The summed E-state index contributed by atoms with van der Waals surface area (Å²) in [6.45, 7) is 1.82. The molecule has 98 valence electrons. The van der Waals surface area contributed by atoms with Gasteiger partial charge in [-0.2, -0.15) is 0 Å². The number of hydrogen-bond donors (Lipinski definition) is 3. The van der Waals surface area contributed by atoms with Gasteiger partial charge in [0, 0.05) is 12.0 Å². The first-order valence-corrected chi connectivity index (χ1v) is 5.74. The molecule has 0 atom stereocenters. The van der Waals surface area contributed by atoms with Crippen LogP contribution in [0.1, 0.15) is 17.5 Å². The Kier molecular flexibility index (Phi) is 3.68. The van der Waals surface area contributed by atoms with Crippen molar-refractivity contribution in [3.8, 4) is 17.5 Å². The average molecular weight is 259 g/mol. The summed E-state index contributed by atoms with van der Waals surface area (Å²) in [4.78, 5) is 23.0. The minimum absolute atomic E-state index is 0.0260. The Morgan fingerprint density at radius 3 is 2.53 bits per heavy atom. The number of aromatic amines is 2. The van der Waals surface area contributed by atoms with Gasteiger partial charge in [-0.15, -0.1) is 0 Å². The van der Waals surface area contributed by atoms with E-state index < -0.39 is 11.4 Å². The molecule has 3 N–H and O–H groups in total. The van der Waals surface area contributed by atoms with Gasteiger partial charge in [-0.05, 0) is 30.7 Å². The molecule has 0 radical (unpaired) electrons. The van der Waals surface area contributed by atoms with E-state index in [2.05, 4.69) is 22.0 Å². The predicted octanol–water partition coefficient (Wildman–Crippen LogP) is -0.104. The van der Waals surface area contributed by atoms with Crippen molar-refractivity contribution < 1.29 is 5.11 Å². The van der Waals surface area contributed by atoms with Crippen molar-refractivity contribution in [1.29, 1.82) is 0 Å². The summed E-state index contributed by atoms with van der Waals surface area (Å²) < 4.78 is 1.03. The summed E-state index contributed by atoms with van der Waals surface area (Å²) in [5.74, 6) is 5.71. The van der Waals surface area contributed by atoms with Crippen molar-refractivity contribution in [3.63, 3.8) is 0 Å². The first-order valence-electron chi connectivity index (χ1n) is 5.74. The third kappa shape index (κ3) is 2.67. The van der Waals surface area contributed by atoms with Crippen molar-refractivity contribution in [2.45, 2.75) is 13.3 Å². The highest BCUT2D eigenvalue weighted by atomic mass is 16.2. The van der Waals surface area contributed by atoms with Crippen LogP contribution in [-0.4, -0.2) is 26.5 Å². The lowest BCUT2D eigenvalue weighted by Crippen LogP contribution is -2.25. The molecule has 0 fully saturated rings. The van der Waals surface area contributed by atoms with Crippen LogP contribution in [0.5, 0.6) is 0 Å². The number of nitrogens with zero attached hydrogens (tertiary/aromatic N) is 1. The minimum Gasteiger partial charge on any atom is -0.395 e. The number of aryl methyl sites for hydroxylation is 1. The number of aliphatic hydroxyl groups excluding tert-OH is 1. The summed E-state index contributed by atoms with van der Waals surface area (Å²) in [6.07, 6.45) is 0.414. The van der Waals surface area contributed by atoms with Gasteiger partial charge in [0.25, 0.3) is 0 Å². The standard InChI is InChI=1S/C13H13N3O3/c1-9-8-10(4-2-3-7-17)5-6-11(9)16-12(18)14-15-13(16)19/h5-6,8,17H,3,7H2,1H3,(H,14,18)(H,15,19). The maximum atomic E-state index is 11.5. The highest BCUT2D eigenvalue weighted by Gasteiger charge is 2.08. The Balaban J connectivity index is 2.44. The van der Waals surface area contributed by atoms with Crippen molar-refractivity contribution in [3.05, 3.63) is 50.3 Å². The quantitative estimate of drug-likeness (QED) is 0.657. The molecule has 0 saturated heterocycles. The average Bonchev–Trinajstić information content (AvgIpc) is 2.70. The molecule has 2 rings (SSSR count). The molecular weight excluding hydrogens is 246 g/mol. The fraction of sp³-hybridized carbons (Fsp3) is 0.231. The van der Waals surface area contributed by atoms with Gasteiger partial charge in [-0.25, -0.2) is 24.4 Å². The van der Waals surface area contributed by atoms with Gasteiger partial charge in [0.1, 0.15) is 0 Å². The molecule has 1 aromatic heterocycles. The van der Waals surface area contributed by atoms with Gasteiger partial charge in [-0.3, -0.25) is 0 Å². The van der Waals surface area contributed by atoms with Crippen LogP contribution in [0.25, 0.3) is 5.69 Å². The zero-order chi connectivity index (χ0) is 13.8. The second-order valence-electron chi connectivity index (χ2n) is 3.97. The molecule has 0 unspecified atom stereocenters. The van der Waals surface area contributed by atoms with Crippen LogP contribution < -0.4 is 11.4 Å². The first-order chi connectivity index (χ1) is 9.13. The largest absolute Gasteiger partial charge is 0.395 e. The summed E-state index contributed by atoms with van der Waals surface area (Å²) in [5.41, 5.74) is 1.04. The number of H-pyrrole nitrogens is 2. The van der Waals surface area contributed by atoms with Gasteiger partial charge in [0.05, 0.1) is 12.3 Å². The Morgan fingerprint density at radius 1 is 1.26 bits per heavy atom. The van der Waals surface area contributed by atoms with Crippen molar-refractivity contribution in [2.75, 3.05) is 6.61 Å². The lowest BCUT2D eigenvalue weighted by molar-refractivity contribution is 0.305. The van der Waals surface area contributed by atoms with Crippen molar-refractivity contribution in [1.82, 2.24) is 14.8 Å². The molecule has 6 heteroatoms. The van der Waals surface area contributed by atoms with Crippen LogP contribution in [0.2, 0.25) is 0 Å². The number of nitrogens with one attached hydrogen (secondary N) is 2. The SMILES string of the molecule is Cc1cc(C#CCCO)ccc1-n1c(=O)[nH][nH]c1=O. The van der Waals surface area contributed by atoms with E-state index in [0.717, 1.165) is 15.7 Å². The van der Waals surface area contributed by atoms with E-state index in [9.17, 15) is 9.59 Å². The Hall–Kier alpha value is -2.52. The van der Waals surface area contributed by atoms with E-state index in [0.29, 0.717) is 12.1 Å². The zero-order valence-corrected chi connectivity index (χ0v) is 10.4. The molecule has 0 spiro atoms. The molecule has 1 heterocycles. The molecular formula is C13H13N3O3. The lowest BCUT2D eigenvalue weighted by Gasteiger charge is -2.04. The summed E-state index contributed by atoms with van der Waals surface area (Å²) in [7, 11) is 0. The van der Waals surface area contributed by atoms with Crippen LogP contribution in [0.15, 0.2) is 27.8 Å². The van der Waals surface area contributed by atoms with Gasteiger partial charge in [0.15, 0.2) is 0 Å². The lowest BCUT2D eigenvalue weighted by atomic mass is 10.1. The Labute approximate surface area is 108 Å². The summed E-state index contributed by atoms with van der Waals surface area (Å²) in [6, 6.07) is 5.19. The topological polar surface area (TPSA) is 90.9 Å². The fourth-order valence-corrected chi connectivity index (χ4v) is 1.73. The third-order valence-electron chi connectivity index (χ3n) is 2.59. The normalized spacial score (nSPS) is 10.0. The Bertz CT molecular complexity index is 728. The van der Waals surface area contributed by atoms with E-state index in [1.165, 1.54) is 0 Å². The van der Waals surface area contributed by atoms with Gasteiger partial charge < -0.3 is 5.11 Å². The summed E-state index contributed by atoms with van der Waals surface area (Å²) in [5, 5.41) is 13.1. The minimum atomic E-state index is -0.507. The number of hydrogen-bond acceptors (Lipinski definition) is 3. The molecule has 0 bridgehead atoms. The number of rotatable bonds is 2. The zero-order valence-electron chi connectivity index (χ0n) is 10.4. The second kappa shape index (κ2) is 5.42.